The number of sulfonamides is 1. The molecule has 0 fully saturated rings. The predicted octanol–water partition coefficient (Wildman–Crippen LogP) is 0.488. The second kappa shape index (κ2) is 7.59. The summed E-state index contributed by atoms with van der Waals surface area (Å²) in [5, 5.41) is 2.60. The van der Waals surface area contributed by atoms with Gasteiger partial charge in [-0.3, -0.25) is 4.79 Å². The third-order valence-electron chi connectivity index (χ3n) is 2.25. The molecule has 19 heavy (non-hydrogen) atoms. The Hall–Kier alpha value is -0.960. The van der Waals surface area contributed by atoms with Gasteiger partial charge in [0.15, 0.2) is 0 Å². The molecule has 0 saturated heterocycles. The van der Waals surface area contributed by atoms with Gasteiger partial charge in [-0.2, -0.15) is 0 Å². The highest BCUT2D eigenvalue weighted by Gasteiger charge is 2.16. The number of amides is 1. The largest absolute Gasteiger partial charge is 0.385 e. The topological polar surface area (TPSA) is 84.5 Å². The molecule has 0 radical (unpaired) electrons. The molecule has 0 saturated carbocycles. The van der Waals surface area contributed by atoms with Crippen LogP contribution in [0, 0.1) is 6.92 Å². The lowest BCUT2D eigenvalue weighted by molar-refractivity contribution is -0.120. The number of hydrogen-bond donors (Lipinski definition) is 2. The third-order valence-corrected chi connectivity index (χ3v) is 5.14. The fraction of sp³-hybridized carbons (Fsp3) is 0.545. The molecule has 0 aliphatic heterocycles. The van der Waals surface area contributed by atoms with Gasteiger partial charge < -0.3 is 10.1 Å². The Morgan fingerprint density at radius 2 is 2.16 bits per heavy atom. The molecule has 0 atom stereocenters. The molecule has 6 nitrogen and oxygen atoms in total. The highest BCUT2D eigenvalue weighted by molar-refractivity contribution is 7.91. The molecule has 0 bridgehead atoms. The summed E-state index contributed by atoms with van der Waals surface area (Å²) in [5.41, 5.74) is 0. The van der Waals surface area contributed by atoms with Gasteiger partial charge in [-0.15, -0.1) is 11.3 Å². The number of rotatable bonds is 8. The van der Waals surface area contributed by atoms with Gasteiger partial charge in [0.1, 0.15) is 4.21 Å². The number of hydrogen-bond acceptors (Lipinski definition) is 5. The van der Waals surface area contributed by atoms with Crippen molar-refractivity contribution in [1.82, 2.24) is 10.0 Å². The van der Waals surface area contributed by atoms with E-state index in [1.54, 1.807) is 13.2 Å². The summed E-state index contributed by atoms with van der Waals surface area (Å²) in [5.74, 6) is -0.354. The molecule has 1 aromatic rings. The van der Waals surface area contributed by atoms with Crippen molar-refractivity contribution in [3.05, 3.63) is 17.0 Å². The summed E-state index contributed by atoms with van der Waals surface area (Å²) < 4.78 is 31.0. The van der Waals surface area contributed by atoms with Crippen molar-refractivity contribution in [2.24, 2.45) is 0 Å². The van der Waals surface area contributed by atoms with Crippen LogP contribution in [0.5, 0.6) is 0 Å². The number of carbonyl (C=O) groups excluding carboxylic acids is 1. The first kappa shape index (κ1) is 16.1. The summed E-state index contributed by atoms with van der Waals surface area (Å²) in [7, 11) is -2.00. The Morgan fingerprint density at radius 1 is 1.42 bits per heavy atom. The molecule has 2 N–H and O–H groups in total. The molecule has 1 heterocycles. The van der Waals surface area contributed by atoms with Crippen LogP contribution in [-0.4, -0.2) is 41.1 Å². The van der Waals surface area contributed by atoms with E-state index in [0.29, 0.717) is 19.6 Å². The fourth-order valence-corrected chi connectivity index (χ4v) is 3.61. The third kappa shape index (κ3) is 5.68. The van der Waals surface area contributed by atoms with E-state index in [-0.39, 0.29) is 16.7 Å². The number of aryl methyl sites for hydroxylation is 1. The Bertz CT molecular complexity index is 511. The lowest BCUT2D eigenvalue weighted by atomic mass is 10.4. The van der Waals surface area contributed by atoms with E-state index < -0.39 is 10.0 Å². The molecule has 1 aromatic heterocycles. The Morgan fingerprint density at radius 3 is 2.74 bits per heavy atom. The summed E-state index contributed by atoms with van der Waals surface area (Å²) in [4.78, 5) is 12.3. The summed E-state index contributed by atoms with van der Waals surface area (Å²) in [6.45, 7) is 2.59. The van der Waals surface area contributed by atoms with Crippen molar-refractivity contribution < 1.29 is 17.9 Å². The van der Waals surface area contributed by atoms with E-state index in [2.05, 4.69) is 10.0 Å². The van der Waals surface area contributed by atoms with Crippen molar-refractivity contribution in [3.8, 4) is 0 Å². The van der Waals surface area contributed by atoms with E-state index in [1.807, 2.05) is 6.92 Å². The van der Waals surface area contributed by atoms with Crippen LogP contribution in [0.15, 0.2) is 16.3 Å². The molecule has 1 rings (SSSR count). The Labute approximate surface area is 117 Å². The zero-order valence-electron chi connectivity index (χ0n) is 10.9. The van der Waals surface area contributed by atoms with Gasteiger partial charge in [0.25, 0.3) is 10.0 Å². The standard InChI is InChI=1S/C11H18N2O4S2/c1-9-4-5-11(18-9)19(15,16)13-8-10(14)12-6-3-7-17-2/h4-5,13H,3,6-8H2,1-2H3,(H,12,14). The minimum atomic E-state index is -3.59. The lowest BCUT2D eigenvalue weighted by Gasteiger charge is -2.06. The number of methoxy groups -OCH3 is 1. The van der Waals surface area contributed by atoms with E-state index in [9.17, 15) is 13.2 Å². The van der Waals surface area contributed by atoms with Crippen LogP contribution in [-0.2, 0) is 19.6 Å². The summed E-state index contributed by atoms with van der Waals surface area (Å²) in [6.07, 6.45) is 0.694. The smallest absolute Gasteiger partial charge is 0.250 e. The van der Waals surface area contributed by atoms with Crippen LogP contribution in [0.4, 0.5) is 0 Å². The summed E-state index contributed by atoms with van der Waals surface area (Å²) >= 11 is 1.17. The number of nitrogens with one attached hydrogen (secondary N) is 2. The van der Waals surface area contributed by atoms with Crippen molar-refractivity contribution >= 4 is 27.3 Å². The Kier molecular flexibility index (Phi) is 6.43. The first-order chi connectivity index (χ1) is 8.95. The van der Waals surface area contributed by atoms with Crippen LogP contribution >= 0.6 is 11.3 Å². The second-order valence-electron chi connectivity index (χ2n) is 3.89. The first-order valence-electron chi connectivity index (χ1n) is 5.77. The zero-order valence-corrected chi connectivity index (χ0v) is 12.6. The fourth-order valence-electron chi connectivity index (χ4n) is 1.30. The molecule has 0 aliphatic rings. The van der Waals surface area contributed by atoms with Crippen LogP contribution in [0.1, 0.15) is 11.3 Å². The van der Waals surface area contributed by atoms with Gasteiger partial charge in [-0.05, 0) is 25.5 Å². The zero-order chi connectivity index (χ0) is 14.3. The minimum absolute atomic E-state index is 0.220. The molecule has 0 unspecified atom stereocenters. The van der Waals surface area contributed by atoms with Crippen LogP contribution in [0.2, 0.25) is 0 Å². The van der Waals surface area contributed by atoms with Crippen LogP contribution in [0.25, 0.3) is 0 Å². The molecule has 8 heteroatoms. The molecule has 0 aromatic carbocycles. The maximum Gasteiger partial charge on any atom is 0.250 e. The Balaban J connectivity index is 2.37. The number of ether oxygens (including phenoxy) is 1. The van der Waals surface area contributed by atoms with Crippen molar-refractivity contribution in [1.29, 1.82) is 0 Å². The normalized spacial score (nSPS) is 11.5. The van der Waals surface area contributed by atoms with E-state index >= 15 is 0 Å². The minimum Gasteiger partial charge on any atom is -0.385 e. The quantitative estimate of drug-likeness (QED) is 0.685. The molecular formula is C11H18N2O4S2. The molecule has 0 spiro atoms. The van der Waals surface area contributed by atoms with E-state index in [4.69, 9.17) is 4.74 Å². The molecule has 108 valence electrons. The SMILES string of the molecule is COCCCNC(=O)CNS(=O)(=O)c1ccc(C)s1. The summed E-state index contributed by atoms with van der Waals surface area (Å²) in [6, 6.07) is 3.25. The highest BCUT2D eigenvalue weighted by Crippen LogP contribution is 2.19. The van der Waals surface area contributed by atoms with Gasteiger partial charge in [0, 0.05) is 25.1 Å². The van der Waals surface area contributed by atoms with Crippen molar-refractivity contribution in [2.75, 3.05) is 26.8 Å². The molecule has 0 aliphatic carbocycles. The highest BCUT2D eigenvalue weighted by atomic mass is 32.2. The first-order valence-corrected chi connectivity index (χ1v) is 8.07. The average Bonchev–Trinajstić information content (AvgIpc) is 2.80. The van der Waals surface area contributed by atoms with E-state index in [1.165, 1.54) is 17.4 Å². The van der Waals surface area contributed by atoms with Crippen molar-refractivity contribution in [3.63, 3.8) is 0 Å². The van der Waals surface area contributed by atoms with Gasteiger partial charge >= 0.3 is 0 Å². The monoisotopic (exact) mass is 306 g/mol. The van der Waals surface area contributed by atoms with Gasteiger partial charge in [0.05, 0.1) is 6.54 Å². The van der Waals surface area contributed by atoms with Gasteiger partial charge in [-0.1, -0.05) is 0 Å². The van der Waals surface area contributed by atoms with Crippen LogP contribution < -0.4 is 10.0 Å². The molecular weight excluding hydrogens is 288 g/mol. The predicted molar refractivity (Wildman–Crippen MR) is 73.7 cm³/mol. The number of carbonyl (C=O) groups is 1. The molecule has 1 amide bonds. The average molecular weight is 306 g/mol. The number of thiophene rings is 1. The van der Waals surface area contributed by atoms with Gasteiger partial charge in [0.2, 0.25) is 5.91 Å². The maximum atomic E-state index is 11.8. The maximum absolute atomic E-state index is 11.8. The lowest BCUT2D eigenvalue weighted by Crippen LogP contribution is -2.37. The van der Waals surface area contributed by atoms with Crippen LogP contribution in [0.3, 0.4) is 0 Å². The van der Waals surface area contributed by atoms with E-state index in [0.717, 1.165) is 4.88 Å². The second-order valence-corrected chi connectivity index (χ2v) is 7.17. The van der Waals surface area contributed by atoms with Crippen molar-refractivity contribution in [2.45, 2.75) is 17.6 Å². The van der Waals surface area contributed by atoms with Gasteiger partial charge in [-0.25, -0.2) is 13.1 Å².